The van der Waals surface area contributed by atoms with Gasteiger partial charge in [0.2, 0.25) is 21.8 Å². The van der Waals surface area contributed by atoms with Crippen LogP contribution in [0.15, 0.2) is 23.0 Å². The molecule has 3 heterocycles. The number of amides is 1. The van der Waals surface area contributed by atoms with Crippen molar-refractivity contribution in [2.24, 2.45) is 0 Å². The van der Waals surface area contributed by atoms with Gasteiger partial charge >= 0.3 is 5.56 Å². The molecule has 0 aliphatic carbocycles. The summed E-state index contributed by atoms with van der Waals surface area (Å²) in [5.41, 5.74) is -0.0625. The number of carbonyl (C=O) groups excluding carboxylic acids is 1. The zero-order valence-electron chi connectivity index (χ0n) is 16.0. The molecule has 1 atom stereocenters. The number of carbonyl (C=O) groups is 1. The average molecular weight is 470 g/mol. The van der Waals surface area contributed by atoms with E-state index in [1.807, 2.05) is 4.90 Å². The minimum Gasteiger partial charge on any atom is -0.350 e. The van der Waals surface area contributed by atoms with Crippen molar-refractivity contribution in [1.29, 1.82) is 0 Å². The quantitative estimate of drug-likeness (QED) is 0.618. The summed E-state index contributed by atoms with van der Waals surface area (Å²) in [5.74, 6) is -1.08. The second-order valence-corrected chi connectivity index (χ2v) is 8.63. The molecule has 1 aliphatic rings. The Kier molecular flexibility index (Phi) is 5.95. The summed E-state index contributed by atoms with van der Waals surface area (Å²) in [6, 6.07) is 4.71. The molecule has 1 saturated heterocycles. The van der Waals surface area contributed by atoms with Crippen LogP contribution in [-0.2, 0) is 17.8 Å². The van der Waals surface area contributed by atoms with Crippen molar-refractivity contribution in [1.82, 2.24) is 19.9 Å². The van der Waals surface area contributed by atoms with E-state index < -0.39 is 17.4 Å². The normalized spacial score (nSPS) is 16.4. The zero-order valence-corrected chi connectivity index (χ0v) is 18.3. The lowest BCUT2D eigenvalue weighted by molar-refractivity contribution is -0.122. The summed E-state index contributed by atoms with van der Waals surface area (Å²) in [6.45, 7) is 2.53. The number of nitrogens with one attached hydrogen (secondary N) is 1. The molecule has 158 valence electrons. The number of fused-ring (bicyclic) bond motifs is 1. The van der Waals surface area contributed by atoms with E-state index in [-0.39, 0.29) is 18.1 Å². The molecule has 1 unspecified atom stereocenters. The molecular formula is C19H18Cl2FN5O2S. The Morgan fingerprint density at radius 2 is 2.10 bits per heavy atom. The molecule has 30 heavy (non-hydrogen) atoms. The SMILES string of the molecule is CCc1nc2sc(N3CCCC3C(=O)NCc3c(Cl)cccc3Cl)nn2c(=O)c1F. The van der Waals surface area contributed by atoms with Crippen LogP contribution in [0.25, 0.3) is 4.96 Å². The summed E-state index contributed by atoms with van der Waals surface area (Å²) in [7, 11) is 0. The maximum atomic E-state index is 14.1. The standard InChI is InChI=1S/C19H18Cl2FN5O2S/c1-2-13-15(22)17(29)27-18(24-13)30-19(25-27)26-8-4-7-14(26)16(28)23-9-10-11(20)5-3-6-12(10)21/h3,5-6,14H,2,4,7-9H2,1H3,(H,23,28). The minimum atomic E-state index is -0.890. The van der Waals surface area contributed by atoms with Crippen LogP contribution in [0.1, 0.15) is 31.0 Å². The van der Waals surface area contributed by atoms with Gasteiger partial charge in [-0.25, -0.2) is 4.98 Å². The minimum absolute atomic E-state index is 0.113. The Bertz CT molecular complexity index is 1160. The highest BCUT2D eigenvalue weighted by molar-refractivity contribution is 7.20. The molecule has 0 bridgehead atoms. The summed E-state index contributed by atoms with van der Waals surface area (Å²) in [4.78, 5) is 31.4. The highest BCUT2D eigenvalue weighted by atomic mass is 35.5. The van der Waals surface area contributed by atoms with Crippen molar-refractivity contribution in [3.63, 3.8) is 0 Å². The largest absolute Gasteiger partial charge is 0.350 e. The number of aryl methyl sites for hydroxylation is 1. The molecule has 1 aliphatic heterocycles. The lowest BCUT2D eigenvalue weighted by Gasteiger charge is -2.22. The van der Waals surface area contributed by atoms with Gasteiger partial charge in [0, 0.05) is 28.7 Å². The molecule has 3 aromatic rings. The highest BCUT2D eigenvalue weighted by Gasteiger charge is 2.33. The van der Waals surface area contributed by atoms with E-state index in [4.69, 9.17) is 23.2 Å². The third-order valence-corrected chi connectivity index (χ3v) is 6.70. The Hall–Kier alpha value is -2.23. The van der Waals surface area contributed by atoms with Gasteiger partial charge in [0.15, 0.2) is 0 Å². The second kappa shape index (κ2) is 8.49. The van der Waals surface area contributed by atoms with Gasteiger partial charge in [-0.3, -0.25) is 9.59 Å². The van der Waals surface area contributed by atoms with Crippen molar-refractivity contribution in [2.75, 3.05) is 11.4 Å². The van der Waals surface area contributed by atoms with Crippen molar-refractivity contribution >= 4 is 50.5 Å². The smallest absolute Gasteiger partial charge is 0.311 e. The molecule has 11 heteroatoms. The van der Waals surface area contributed by atoms with Crippen LogP contribution in [-0.4, -0.2) is 33.1 Å². The molecule has 1 aromatic carbocycles. The number of halogens is 3. The fourth-order valence-electron chi connectivity index (χ4n) is 3.47. The monoisotopic (exact) mass is 469 g/mol. The zero-order chi connectivity index (χ0) is 21.4. The summed E-state index contributed by atoms with van der Waals surface area (Å²) in [6.07, 6.45) is 1.73. The Morgan fingerprint density at radius 3 is 2.80 bits per heavy atom. The molecule has 0 spiro atoms. The molecule has 2 aromatic heterocycles. The van der Waals surface area contributed by atoms with E-state index in [1.165, 1.54) is 11.3 Å². The topological polar surface area (TPSA) is 79.6 Å². The van der Waals surface area contributed by atoms with Gasteiger partial charge in [-0.1, -0.05) is 47.5 Å². The lowest BCUT2D eigenvalue weighted by atomic mass is 10.2. The third-order valence-electron chi connectivity index (χ3n) is 5.05. The summed E-state index contributed by atoms with van der Waals surface area (Å²) >= 11 is 13.5. The average Bonchev–Trinajstić information content (AvgIpc) is 3.37. The molecule has 0 saturated carbocycles. The van der Waals surface area contributed by atoms with Crippen LogP contribution < -0.4 is 15.8 Å². The highest BCUT2D eigenvalue weighted by Crippen LogP contribution is 2.30. The van der Waals surface area contributed by atoms with Gasteiger partial charge in [-0.2, -0.15) is 8.91 Å². The summed E-state index contributed by atoms with van der Waals surface area (Å²) < 4.78 is 15.1. The van der Waals surface area contributed by atoms with E-state index >= 15 is 0 Å². The van der Waals surface area contributed by atoms with E-state index in [9.17, 15) is 14.0 Å². The van der Waals surface area contributed by atoms with Crippen LogP contribution in [0.5, 0.6) is 0 Å². The van der Waals surface area contributed by atoms with Crippen LogP contribution in [0.2, 0.25) is 10.0 Å². The van der Waals surface area contributed by atoms with E-state index in [1.54, 1.807) is 25.1 Å². The lowest BCUT2D eigenvalue weighted by Crippen LogP contribution is -2.43. The molecule has 1 N–H and O–H groups in total. The molecule has 4 rings (SSSR count). The number of aromatic nitrogens is 3. The van der Waals surface area contributed by atoms with Crippen molar-refractivity contribution in [2.45, 2.75) is 38.8 Å². The van der Waals surface area contributed by atoms with Crippen molar-refractivity contribution in [3.05, 3.63) is 55.7 Å². The van der Waals surface area contributed by atoms with E-state index in [2.05, 4.69) is 15.4 Å². The molecular weight excluding hydrogens is 452 g/mol. The Labute approximate surface area is 185 Å². The van der Waals surface area contributed by atoms with Crippen molar-refractivity contribution < 1.29 is 9.18 Å². The first-order chi connectivity index (χ1) is 14.4. The molecule has 0 radical (unpaired) electrons. The van der Waals surface area contributed by atoms with Gasteiger partial charge in [0.25, 0.3) is 0 Å². The van der Waals surface area contributed by atoms with E-state index in [0.717, 1.165) is 10.9 Å². The van der Waals surface area contributed by atoms with Gasteiger partial charge in [-0.15, -0.1) is 5.10 Å². The second-order valence-electron chi connectivity index (χ2n) is 6.88. The van der Waals surface area contributed by atoms with Crippen LogP contribution in [0.4, 0.5) is 9.52 Å². The predicted octanol–water partition coefficient (Wildman–Crippen LogP) is 3.44. The van der Waals surface area contributed by atoms with Crippen LogP contribution in [0.3, 0.4) is 0 Å². The van der Waals surface area contributed by atoms with E-state index in [0.29, 0.717) is 45.1 Å². The van der Waals surface area contributed by atoms with Crippen molar-refractivity contribution in [3.8, 4) is 0 Å². The molecule has 1 fully saturated rings. The molecule has 1 amide bonds. The Balaban J connectivity index is 1.57. The van der Waals surface area contributed by atoms with Gasteiger partial charge in [-0.05, 0) is 31.4 Å². The Morgan fingerprint density at radius 1 is 1.37 bits per heavy atom. The number of hydrogen-bond donors (Lipinski definition) is 1. The fraction of sp³-hybridized carbons (Fsp3) is 0.368. The van der Waals surface area contributed by atoms with Gasteiger partial charge in [0.1, 0.15) is 6.04 Å². The third kappa shape index (κ3) is 3.77. The fourth-order valence-corrected chi connectivity index (χ4v) is 4.99. The number of anilines is 1. The number of nitrogens with zero attached hydrogens (tertiary/aromatic N) is 4. The number of hydrogen-bond acceptors (Lipinski definition) is 6. The number of benzene rings is 1. The van der Waals surface area contributed by atoms with Crippen LogP contribution in [0, 0.1) is 5.82 Å². The maximum absolute atomic E-state index is 14.1. The first-order valence-electron chi connectivity index (χ1n) is 9.46. The summed E-state index contributed by atoms with van der Waals surface area (Å²) in [5, 5.41) is 8.54. The van der Waals surface area contributed by atoms with Gasteiger partial charge in [0.05, 0.1) is 5.69 Å². The first-order valence-corrected chi connectivity index (χ1v) is 11.0. The van der Waals surface area contributed by atoms with Crippen LogP contribution >= 0.6 is 34.5 Å². The van der Waals surface area contributed by atoms with Gasteiger partial charge < -0.3 is 10.2 Å². The number of rotatable bonds is 5. The maximum Gasteiger partial charge on any atom is 0.311 e. The predicted molar refractivity (Wildman–Crippen MR) is 115 cm³/mol. The molecule has 7 nitrogen and oxygen atoms in total. The first kappa shape index (κ1) is 21.0.